The van der Waals surface area contributed by atoms with Gasteiger partial charge in [0, 0.05) is 30.7 Å². The Morgan fingerprint density at radius 2 is 1.89 bits per heavy atom. The number of carbonyl (C=O) groups is 2. The number of non-ortho nitro benzene ring substituents is 1. The highest BCUT2D eigenvalue weighted by molar-refractivity contribution is 6.04. The second kappa shape index (κ2) is 7.61. The summed E-state index contributed by atoms with van der Waals surface area (Å²) >= 11 is 0. The molecule has 27 heavy (non-hydrogen) atoms. The molecule has 136 valence electrons. The number of rotatable bonds is 5. The van der Waals surface area contributed by atoms with E-state index in [9.17, 15) is 19.7 Å². The molecule has 2 aromatic carbocycles. The van der Waals surface area contributed by atoms with Gasteiger partial charge in [-0.3, -0.25) is 14.9 Å². The van der Waals surface area contributed by atoms with E-state index >= 15 is 0 Å². The predicted molar refractivity (Wildman–Crippen MR) is 97.1 cm³/mol. The molecule has 0 fully saturated rings. The Balaban J connectivity index is 1.98. The number of carbonyl (C=O) groups excluding carboxylic acids is 1. The first-order valence-corrected chi connectivity index (χ1v) is 8.07. The van der Waals surface area contributed by atoms with Crippen LogP contribution in [0.4, 0.5) is 5.69 Å². The number of nitro groups is 1. The topological polar surface area (TPSA) is 113 Å². The molecule has 1 heterocycles. The van der Waals surface area contributed by atoms with Gasteiger partial charge in [0.05, 0.1) is 16.7 Å². The average molecular weight is 365 g/mol. The number of hydrogen-bond donors (Lipinski definition) is 1. The van der Waals surface area contributed by atoms with Crippen LogP contribution in [0.2, 0.25) is 0 Å². The lowest BCUT2D eigenvalue weighted by Crippen LogP contribution is -2.25. The molecule has 1 amide bonds. The van der Waals surface area contributed by atoms with Crippen molar-refractivity contribution in [2.45, 2.75) is 12.5 Å². The lowest BCUT2D eigenvalue weighted by Gasteiger charge is -2.20. The number of carboxylic acids is 1. The molecule has 2 aromatic rings. The number of hydrazone groups is 1. The van der Waals surface area contributed by atoms with E-state index in [1.165, 1.54) is 17.1 Å². The van der Waals surface area contributed by atoms with Gasteiger partial charge in [0.25, 0.3) is 11.6 Å². The highest BCUT2D eigenvalue weighted by Crippen LogP contribution is 2.34. The van der Waals surface area contributed by atoms with Crippen LogP contribution in [0.1, 0.15) is 23.6 Å². The van der Waals surface area contributed by atoms with Crippen molar-refractivity contribution in [3.05, 3.63) is 88.0 Å². The van der Waals surface area contributed by atoms with E-state index in [1.807, 2.05) is 30.3 Å². The summed E-state index contributed by atoms with van der Waals surface area (Å²) in [5.74, 6) is -1.86. The van der Waals surface area contributed by atoms with Crippen LogP contribution in [0, 0.1) is 10.1 Å². The van der Waals surface area contributed by atoms with Gasteiger partial charge < -0.3 is 5.11 Å². The molecular weight excluding hydrogens is 350 g/mol. The van der Waals surface area contributed by atoms with Crippen LogP contribution in [-0.4, -0.2) is 32.6 Å². The standard InChI is InChI=1S/C19H15N3O5/c23-18(9-10-19(24)25)21-17(14-7-4-8-15(11-14)22(26)27)12-16(20-21)13-5-2-1-3-6-13/h1-11,17H,12H2,(H,24,25)/b10-9+/t17-/m0/s1. The van der Waals surface area contributed by atoms with Crippen LogP contribution in [0.25, 0.3) is 0 Å². The van der Waals surface area contributed by atoms with Crippen LogP contribution in [0.5, 0.6) is 0 Å². The molecule has 0 radical (unpaired) electrons. The van der Waals surface area contributed by atoms with E-state index < -0.39 is 22.8 Å². The number of nitro benzene ring substituents is 1. The van der Waals surface area contributed by atoms with E-state index in [0.717, 1.165) is 17.7 Å². The molecule has 1 N–H and O–H groups in total. The number of aliphatic carboxylic acids is 1. The smallest absolute Gasteiger partial charge is 0.328 e. The van der Waals surface area contributed by atoms with E-state index in [4.69, 9.17) is 5.11 Å². The fourth-order valence-electron chi connectivity index (χ4n) is 2.84. The van der Waals surface area contributed by atoms with Gasteiger partial charge >= 0.3 is 5.97 Å². The van der Waals surface area contributed by atoms with Gasteiger partial charge in [-0.05, 0) is 11.1 Å². The summed E-state index contributed by atoms with van der Waals surface area (Å²) in [6, 6.07) is 14.7. The maximum atomic E-state index is 12.5. The number of carboxylic acid groups (broad SMARTS) is 1. The zero-order valence-electron chi connectivity index (χ0n) is 14.1. The summed E-state index contributed by atoms with van der Waals surface area (Å²) in [5, 5.41) is 25.3. The monoisotopic (exact) mass is 365 g/mol. The Labute approximate surface area is 154 Å². The summed E-state index contributed by atoms with van der Waals surface area (Å²) in [4.78, 5) is 33.7. The number of hydrogen-bond acceptors (Lipinski definition) is 5. The molecule has 0 bridgehead atoms. The molecule has 0 saturated carbocycles. The first kappa shape index (κ1) is 18.0. The Kier molecular flexibility index (Phi) is 5.07. The molecule has 8 nitrogen and oxygen atoms in total. The first-order chi connectivity index (χ1) is 13.0. The fraction of sp³-hybridized carbons (Fsp3) is 0.105. The molecule has 1 aliphatic heterocycles. The Morgan fingerprint density at radius 3 is 2.56 bits per heavy atom. The first-order valence-electron chi connectivity index (χ1n) is 8.07. The van der Waals surface area contributed by atoms with Crippen molar-refractivity contribution >= 4 is 23.3 Å². The highest BCUT2D eigenvalue weighted by atomic mass is 16.6. The molecule has 0 saturated heterocycles. The summed E-state index contributed by atoms with van der Waals surface area (Å²) in [7, 11) is 0. The van der Waals surface area contributed by atoms with Crippen LogP contribution < -0.4 is 0 Å². The molecule has 0 unspecified atom stereocenters. The van der Waals surface area contributed by atoms with Crippen LogP contribution in [-0.2, 0) is 9.59 Å². The predicted octanol–water partition coefficient (Wildman–Crippen LogP) is 2.91. The van der Waals surface area contributed by atoms with E-state index in [2.05, 4.69) is 5.10 Å². The third-order valence-corrected chi connectivity index (χ3v) is 4.08. The van der Waals surface area contributed by atoms with E-state index in [0.29, 0.717) is 17.7 Å². The summed E-state index contributed by atoms with van der Waals surface area (Å²) in [6.07, 6.45) is 2.02. The van der Waals surface area contributed by atoms with Crippen molar-refractivity contribution < 1.29 is 19.6 Å². The molecule has 0 aliphatic carbocycles. The molecule has 8 heteroatoms. The van der Waals surface area contributed by atoms with E-state index in [-0.39, 0.29) is 5.69 Å². The van der Waals surface area contributed by atoms with E-state index in [1.54, 1.807) is 12.1 Å². The normalized spacial score (nSPS) is 16.4. The molecule has 0 spiro atoms. The maximum Gasteiger partial charge on any atom is 0.328 e. The van der Waals surface area contributed by atoms with Crippen LogP contribution in [0.15, 0.2) is 71.9 Å². The fourth-order valence-corrected chi connectivity index (χ4v) is 2.84. The van der Waals surface area contributed by atoms with Crippen molar-refractivity contribution in [2.24, 2.45) is 5.10 Å². The van der Waals surface area contributed by atoms with Crippen molar-refractivity contribution in [2.75, 3.05) is 0 Å². The van der Waals surface area contributed by atoms with Crippen molar-refractivity contribution in [1.29, 1.82) is 0 Å². The highest BCUT2D eigenvalue weighted by Gasteiger charge is 2.32. The largest absolute Gasteiger partial charge is 0.478 e. The number of benzene rings is 2. The third-order valence-electron chi connectivity index (χ3n) is 4.08. The number of amides is 1. The third kappa shape index (κ3) is 4.06. The lowest BCUT2D eigenvalue weighted by molar-refractivity contribution is -0.384. The summed E-state index contributed by atoms with van der Waals surface area (Å²) in [5.41, 5.74) is 1.93. The zero-order chi connectivity index (χ0) is 19.4. The van der Waals surface area contributed by atoms with Crippen molar-refractivity contribution in [1.82, 2.24) is 5.01 Å². The van der Waals surface area contributed by atoms with Gasteiger partial charge in [-0.15, -0.1) is 0 Å². The summed E-state index contributed by atoms with van der Waals surface area (Å²) in [6.45, 7) is 0. The Bertz CT molecular complexity index is 953. The van der Waals surface area contributed by atoms with Gasteiger partial charge in [-0.1, -0.05) is 42.5 Å². The second-order valence-corrected chi connectivity index (χ2v) is 5.84. The maximum absolute atomic E-state index is 12.5. The lowest BCUT2D eigenvalue weighted by atomic mass is 9.98. The molecule has 1 atom stereocenters. The van der Waals surface area contributed by atoms with Gasteiger partial charge in [0.1, 0.15) is 0 Å². The van der Waals surface area contributed by atoms with Crippen LogP contribution in [0.3, 0.4) is 0 Å². The minimum atomic E-state index is -1.25. The zero-order valence-corrected chi connectivity index (χ0v) is 14.1. The van der Waals surface area contributed by atoms with Crippen LogP contribution >= 0.6 is 0 Å². The second-order valence-electron chi connectivity index (χ2n) is 5.84. The molecular formula is C19H15N3O5. The van der Waals surface area contributed by atoms with Gasteiger partial charge in [0.15, 0.2) is 0 Å². The Hall–Kier alpha value is -3.81. The quantitative estimate of drug-likeness (QED) is 0.497. The molecule has 1 aliphatic rings. The van der Waals surface area contributed by atoms with Crippen molar-refractivity contribution in [3.63, 3.8) is 0 Å². The summed E-state index contributed by atoms with van der Waals surface area (Å²) < 4.78 is 0. The van der Waals surface area contributed by atoms with Gasteiger partial charge in [0.2, 0.25) is 0 Å². The number of nitrogens with zero attached hydrogens (tertiary/aromatic N) is 3. The molecule has 3 rings (SSSR count). The minimum absolute atomic E-state index is 0.0888. The van der Waals surface area contributed by atoms with Gasteiger partial charge in [-0.25, -0.2) is 9.80 Å². The SMILES string of the molecule is O=C(O)/C=C/C(=O)N1N=C(c2ccccc2)C[C@H]1c1cccc([N+](=O)[O-])c1. The average Bonchev–Trinajstić information content (AvgIpc) is 3.12. The minimum Gasteiger partial charge on any atom is -0.478 e. The molecule has 0 aromatic heterocycles. The van der Waals surface area contributed by atoms with Gasteiger partial charge in [-0.2, -0.15) is 5.10 Å². The van der Waals surface area contributed by atoms with Crippen molar-refractivity contribution in [3.8, 4) is 0 Å². The Morgan fingerprint density at radius 1 is 1.15 bits per heavy atom.